The lowest BCUT2D eigenvalue weighted by Crippen LogP contribution is -2.13. The molecule has 2 aromatic rings. The van der Waals surface area contributed by atoms with Crippen molar-refractivity contribution in [1.82, 2.24) is 9.55 Å². The highest BCUT2D eigenvalue weighted by molar-refractivity contribution is 14.1. The fourth-order valence-corrected chi connectivity index (χ4v) is 3.37. The number of fused-ring (bicyclic) bond motifs is 1. The first-order chi connectivity index (χ1) is 9.04. The first-order valence-corrected chi connectivity index (χ1v) is 8.36. The van der Waals surface area contributed by atoms with Crippen LogP contribution in [0.2, 0.25) is 0 Å². The lowest BCUT2D eigenvalue weighted by molar-refractivity contribution is 0.407. The lowest BCUT2D eigenvalue weighted by atomic mass is 10.0. The van der Waals surface area contributed by atoms with Crippen molar-refractivity contribution in [3.63, 3.8) is 0 Å². The van der Waals surface area contributed by atoms with Crippen LogP contribution < -0.4 is 0 Å². The SMILES string of the molecule is CCC1(Cn2c(C(C)Cl)nc3cc(I)ccc32)CC1. The quantitative estimate of drug-likeness (QED) is 0.524. The van der Waals surface area contributed by atoms with Gasteiger partial charge in [-0.25, -0.2) is 4.98 Å². The van der Waals surface area contributed by atoms with Gasteiger partial charge in [0.15, 0.2) is 0 Å². The van der Waals surface area contributed by atoms with Crippen molar-refractivity contribution in [2.75, 3.05) is 0 Å². The second kappa shape index (κ2) is 4.92. The highest BCUT2D eigenvalue weighted by atomic mass is 127. The molecule has 1 unspecified atom stereocenters. The predicted molar refractivity (Wildman–Crippen MR) is 88.7 cm³/mol. The monoisotopic (exact) mass is 388 g/mol. The van der Waals surface area contributed by atoms with Gasteiger partial charge in [0.1, 0.15) is 5.82 Å². The van der Waals surface area contributed by atoms with Crippen molar-refractivity contribution in [2.45, 2.75) is 45.0 Å². The number of alkyl halides is 1. The zero-order valence-corrected chi connectivity index (χ0v) is 14.2. The van der Waals surface area contributed by atoms with Crippen LogP contribution in [-0.2, 0) is 6.54 Å². The van der Waals surface area contributed by atoms with Crippen LogP contribution in [0.25, 0.3) is 11.0 Å². The van der Waals surface area contributed by atoms with Crippen LogP contribution in [0.3, 0.4) is 0 Å². The Morgan fingerprint density at radius 1 is 1.47 bits per heavy atom. The van der Waals surface area contributed by atoms with Crippen LogP contribution in [0, 0.1) is 8.99 Å². The molecule has 0 amide bonds. The van der Waals surface area contributed by atoms with Gasteiger partial charge in [0.05, 0.1) is 16.4 Å². The molecule has 2 nitrogen and oxygen atoms in total. The summed E-state index contributed by atoms with van der Waals surface area (Å²) in [7, 11) is 0. The minimum Gasteiger partial charge on any atom is -0.326 e. The van der Waals surface area contributed by atoms with Gasteiger partial charge in [-0.1, -0.05) is 6.92 Å². The normalized spacial score (nSPS) is 18.7. The summed E-state index contributed by atoms with van der Waals surface area (Å²) < 4.78 is 3.57. The van der Waals surface area contributed by atoms with Crippen LogP contribution >= 0.6 is 34.2 Å². The molecular formula is C15H18ClIN2. The Kier molecular flexibility index (Phi) is 3.54. The largest absolute Gasteiger partial charge is 0.326 e. The van der Waals surface area contributed by atoms with E-state index in [9.17, 15) is 0 Å². The summed E-state index contributed by atoms with van der Waals surface area (Å²) in [6.45, 7) is 5.36. The molecule has 1 aliphatic carbocycles. The predicted octanol–water partition coefficient (Wildman–Crippen LogP) is 5.13. The van der Waals surface area contributed by atoms with Crippen LogP contribution in [0.15, 0.2) is 18.2 Å². The summed E-state index contributed by atoms with van der Waals surface area (Å²) in [6, 6.07) is 6.47. The number of nitrogens with zero attached hydrogens (tertiary/aromatic N) is 2. The molecule has 1 aromatic carbocycles. The second-order valence-corrected chi connectivity index (χ2v) is 7.56. The Bertz CT molecular complexity index is 614. The highest BCUT2D eigenvalue weighted by Gasteiger charge is 2.41. The smallest absolute Gasteiger partial charge is 0.127 e. The van der Waals surface area contributed by atoms with Crippen LogP contribution in [-0.4, -0.2) is 9.55 Å². The van der Waals surface area contributed by atoms with E-state index in [2.05, 4.69) is 52.3 Å². The topological polar surface area (TPSA) is 17.8 Å². The standard InChI is InChI=1S/C15H18ClIN2/c1-3-15(6-7-15)9-19-13-5-4-11(17)8-12(13)18-14(19)10(2)16/h4-5,8,10H,3,6-7,9H2,1-2H3. The third kappa shape index (κ3) is 2.51. The fraction of sp³-hybridized carbons (Fsp3) is 0.533. The Balaban J connectivity index is 2.11. The molecule has 19 heavy (non-hydrogen) atoms. The van der Waals surface area contributed by atoms with Gasteiger partial charge < -0.3 is 4.57 Å². The molecule has 1 heterocycles. The Hall–Kier alpha value is -0.290. The van der Waals surface area contributed by atoms with Crippen molar-refractivity contribution in [1.29, 1.82) is 0 Å². The molecule has 0 aliphatic heterocycles. The van der Waals surface area contributed by atoms with E-state index in [1.165, 1.54) is 28.3 Å². The molecule has 1 saturated carbocycles. The average molecular weight is 389 g/mol. The minimum atomic E-state index is -0.0438. The summed E-state index contributed by atoms with van der Waals surface area (Å²) in [5.74, 6) is 1.01. The van der Waals surface area contributed by atoms with Crippen LogP contribution in [0.5, 0.6) is 0 Å². The van der Waals surface area contributed by atoms with Crippen molar-refractivity contribution < 1.29 is 0 Å². The number of benzene rings is 1. The van der Waals surface area contributed by atoms with Gasteiger partial charge in [-0.3, -0.25) is 0 Å². The van der Waals surface area contributed by atoms with Crippen molar-refractivity contribution >= 4 is 45.2 Å². The van der Waals surface area contributed by atoms with Gasteiger partial charge in [0, 0.05) is 10.1 Å². The average Bonchev–Trinajstić information content (AvgIpc) is 3.06. The molecule has 1 aromatic heterocycles. The first-order valence-electron chi connectivity index (χ1n) is 6.84. The van der Waals surface area contributed by atoms with E-state index in [4.69, 9.17) is 16.6 Å². The summed E-state index contributed by atoms with van der Waals surface area (Å²) in [5.41, 5.74) is 2.79. The molecule has 3 rings (SSSR count). The fourth-order valence-electron chi connectivity index (χ4n) is 2.73. The van der Waals surface area contributed by atoms with E-state index in [-0.39, 0.29) is 5.38 Å². The van der Waals surface area contributed by atoms with Gasteiger partial charge in [0.2, 0.25) is 0 Å². The van der Waals surface area contributed by atoms with Gasteiger partial charge in [-0.15, -0.1) is 11.6 Å². The molecule has 0 spiro atoms. The molecule has 1 aliphatic rings. The van der Waals surface area contributed by atoms with Gasteiger partial charge in [-0.2, -0.15) is 0 Å². The number of rotatable bonds is 4. The molecule has 0 saturated heterocycles. The van der Waals surface area contributed by atoms with E-state index in [1.807, 2.05) is 6.92 Å². The summed E-state index contributed by atoms with van der Waals surface area (Å²) in [6.07, 6.45) is 3.92. The number of halogens is 2. The van der Waals surface area contributed by atoms with Gasteiger partial charge >= 0.3 is 0 Å². The van der Waals surface area contributed by atoms with E-state index in [0.717, 1.165) is 17.9 Å². The van der Waals surface area contributed by atoms with Crippen molar-refractivity contribution in [2.24, 2.45) is 5.41 Å². The number of imidazole rings is 1. The maximum Gasteiger partial charge on any atom is 0.127 e. The highest BCUT2D eigenvalue weighted by Crippen LogP contribution is 2.50. The van der Waals surface area contributed by atoms with E-state index >= 15 is 0 Å². The Labute approximate surface area is 132 Å². The molecule has 1 atom stereocenters. The molecule has 4 heteroatoms. The number of aromatic nitrogens is 2. The van der Waals surface area contributed by atoms with Crippen molar-refractivity contribution in [3.8, 4) is 0 Å². The summed E-state index contributed by atoms with van der Waals surface area (Å²) in [4.78, 5) is 4.75. The third-order valence-corrected chi connectivity index (χ3v) is 5.16. The first kappa shape index (κ1) is 13.7. The van der Waals surface area contributed by atoms with Crippen LogP contribution in [0.4, 0.5) is 0 Å². The third-order valence-electron chi connectivity index (χ3n) is 4.30. The molecule has 1 fully saturated rings. The number of hydrogen-bond acceptors (Lipinski definition) is 1. The van der Waals surface area contributed by atoms with Crippen LogP contribution in [0.1, 0.15) is 44.3 Å². The maximum atomic E-state index is 6.33. The minimum absolute atomic E-state index is 0.0438. The zero-order valence-electron chi connectivity index (χ0n) is 11.3. The summed E-state index contributed by atoms with van der Waals surface area (Å²) in [5, 5.41) is -0.0438. The second-order valence-electron chi connectivity index (χ2n) is 5.66. The Morgan fingerprint density at radius 2 is 2.21 bits per heavy atom. The molecular weight excluding hydrogens is 371 g/mol. The molecule has 102 valence electrons. The van der Waals surface area contributed by atoms with E-state index < -0.39 is 0 Å². The molecule has 0 bridgehead atoms. The maximum absolute atomic E-state index is 6.33. The van der Waals surface area contributed by atoms with Gasteiger partial charge in [0.25, 0.3) is 0 Å². The van der Waals surface area contributed by atoms with E-state index in [0.29, 0.717) is 5.41 Å². The van der Waals surface area contributed by atoms with Crippen molar-refractivity contribution in [3.05, 3.63) is 27.6 Å². The van der Waals surface area contributed by atoms with Gasteiger partial charge in [-0.05, 0) is 72.4 Å². The molecule has 0 N–H and O–H groups in total. The molecule has 0 radical (unpaired) electrons. The summed E-state index contributed by atoms with van der Waals surface area (Å²) >= 11 is 8.66. The Morgan fingerprint density at radius 3 is 2.79 bits per heavy atom. The zero-order chi connectivity index (χ0) is 13.6. The number of hydrogen-bond donors (Lipinski definition) is 0. The lowest BCUT2D eigenvalue weighted by Gasteiger charge is -2.17. The van der Waals surface area contributed by atoms with E-state index in [1.54, 1.807) is 0 Å².